The van der Waals surface area contributed by atoms with Crippen molar-refractivity contribution in [3.05, 3.63) is 58.1 Å². The molecular weight excluding hydrogens is 272 g/mol. The zero-order valence-corrected chi connectivity index (χ0v) is 12.3. The molecule has 0 saturated carbocycles. The molecule has 0 aromatic heterocycles. The molecule has 2 rings (SSSR count). The Morgan fingerprint density at radius 1 is 1.25 bits per heavy atom. The van der Waals surface area contributed by atoms with Crippen molar-refractivity contribution in [2.24, 2.45) is 0 Å². The predicted octanol–water partition coefficient (Wildman–Crippen LogP) is 4.05. The van der Waals surface area contributed by atoms with Crippen molar-refractivity contribution in [2.75, 3.05) is 11.1 Å². The number of carbonyl (C=O) groups excluding carboxylic acids is 1. The van der Waals surface area contributed by atoms with Crippen LogP contribution in [-0.2, 0) is 6.42 Å². The van der Waals surface area contributed by atoms with Gasteiger partial charge in [0.25, 0.3) is 5.91 Å². The number of aryl methyl sites for hydroxylation is 2. The van der Waals surface area contributed by atoms with Crippen LogP contribution in [-0.4, -0.2) is 5.91 Å². The Kier molecular flexibility index (Phi) is 4.30. The highest BCUT2D eigenvalue weighted by Gasteiger charge is 2.16. The fraction of sp³-hybridized carbons (Fsp3) is 0.188. The van der Waals surface area contributed by atoms with Crippen LogP contribution in [0.25, 0.3) is 0 Å². The lowest BCUT2D eigenvalue weighted by Crippen LogP contribution is -2.16. The smallest absolute Gasteiger partial charge is 0.259 e. The molecule has 0 heterocycles. The number of amides is 1. The molecule has 0 aliphatic heterocycles. The van der Waals surface area contributed by atoms with Crippen LogP contribution in [0.4, 0.5) is 11.4 Å². The van der Waals surface area contributed by atoms with Crippen molar-refractivity contribution in [2.45, 2.75) is 20.3 Å². The normalized spacial score (nSPS) is 10.3. The maximum Gasteiger partial charge on any atom is 0.259 e. The average molecular weight is 289 g/mol. The van der Waals surface area contributed by atoms with Crippen LogP contribution in [0.3, 0.4) is 0 Å². The van der Waals surface area contributed by atoms with Gasteiger partial charge in [-0.2, -0.15) is 0 Å². The fourth-order valence-corrected chi connectivity index (χ4v) is 2.43. The second-order valence-corrected chi connectivity index (χ2v) is 5.03. The summed E-state index contributed by atoms with van der Waals surface area (Å²) >= 11 is 6.06. The molecule has 2 aromatic carbocycles. The quantitative estimate of drug-likeness (QED) is 0.837. The molecule has 0 bridgehead atoms. The topological polar surface area (TPSA) is 55.1 Å². The molecule has 4 heteroatoms. The Balaban J connectivity index is 2.38. The van der Waals surface area contributed by atoms with Crippen molar-refractivity contribution >= 4 is 28.9 Å². The Hall–Kier alpha value is -2.00. The van der Waals surface area contributed by atoms with Gasteiger partial charge >= 0.3 is 0 Å². The highest BCUT2D eigenvalue weighted by molar-refractivity contribution is 6.35. The third-order valence-corrected chi connectivity index (χ3v) is 3.57. The van der Waals surface area contributed by atoms with E-state index >= 15 is 0 Å². The summed E-state index contributed by atoms with van der Waals surface area (Å²) in [6, 6.07) is 11.0. The first kappa shape index (κ1) is 14.4. The fourth-order valence-electron chi connectivity index (χ4n) is 2.16. The number of hydrogen-bond donors (Lipinski definition) is 2. The van der Waals surface area contributed by atoms with E-state index in [1.54, 1.807) is 18.2 Å². The van der Waals surface area contributed by atoms with E-state index in [1.807, 2.05) is 32.0 Å². The summed E-state index contributed by atoms with van der Waals surface area (Å²) in [5.41, 5.74) is 9.47. The molecule has 0 fully saturated rings. The number of hydrogen-bond acceptors (Lipinski definition) is 2. The summed E-state index contributed by atoms with van der Waals surface area (Å²) in [4.78, 5) is 12.4. The van der Waals surface area contributed by atoms with E-state index in [1.165, 1.54) is 0 Å². The molecule has 3 N–H and O–H groups in total. The van der Waals surface area contributed by atoms with Crippen molar-refractivity contribution < 1.29 is 4.79 Å². The number of rotatable bonds is 3. The Morgan fingerprint density at radius 3 is 2.60 bits per heavy atom. The van der Waals surface area contributed by atoms with Gasteiger partial charge in [-0.1, -0.05) is 42.8 Å². The SMILES string of the molecule is CCc1cccc(C)c1NC(=O)c1c(N)cccc1Cl. The standard InChI is InChI=1S/C16H17ClN2O/c1-3-11-7-4-6-10(2)15(11)19-16(20)14-12(17)8-5-9-13(14)18/h4-9H,3,18H2,1-2H3,(H,19,20). The van der Waals surface area contributed by atoms with Crippen LogP contribution in [0.2, 0.25) is 5.02 Å². The van der Waals surface area contributed by atoms with E-state index in [-0.39, 0.29) is 5.91 Å². The van der Waals surface area contributed by atoms with Gasteiger partial charge in [0.2, 0.25) is 0 Å². The van der Waals surface area contributed by atoms with Gasteiger partial charge in [0.1, 0.15) is 0 Å². The van der Waals surface area contributed by atoms with E-state index in [0.717, 1.165) is 23.2 Å². The first-order valence-electron chi connectivity index (χ1n) is 6.48. The minimum absolute atomic E-state index is 0.280. The van der Waals surface area contributed by atoms with Crippen molar-refractivity contribution in [1.82, 2.24) is 0 Å². The number of para-hydroxylation sites is 1. The summed E-state index contributed by atoms with van der Waals surface area (Å²) in [6.07, 6.45) is 0.843. The van der Waals surface area contributed by atoms with Crippen molar-refractivity contribution in [1.29, 1.82) is 0 Å². The van der Waals surface area contributed by atoms with Gasteiger partial charge in [-0.25, -0.2) is 0 Å². The Bertz CT molecular complexity index is 633. The monoisotopic (exact) mass is 288 g/mol. The molecule has 2 aromatic rings. The van der Waals surface area contributed by atoms with Crippen LogP contribution in [0.5, 0.6) is 0 Å². The average Bonchev–Trinajstić information content (AvgIpc) is 2.41. The lowest BCUT2D eigenvalue weighted by molar-refractivity contribution is 0.102. The first-order valence-corrected chi connectivity index (χ1v) is 6.86. The Labute approximate surface area is 123 Å². The van der Waals surface area contributed by atoms with Gasteiger partial charge < -0.3 is 11.1 Å². The molecule has 20 heavy (non-hydrogen) atoms. The summed E-state index contributed by atoms with van der Waals surface area (Å²) < 4.78 is 0. The molecule has 0 radical (unpaired) electrons. The third-order valence-electron chi connectivity index (χ3n) is 3.25. The minimum atomic E-state index is -0.280. The highest BCUT2D eigenvalue weighted by Crippen LogP contribution is 2.26. The van der Waals surface area contributed by atoms with Crippen LogP contribution < -0.4 is 11.1 Å². The van der Waals surface area contributed by atoms with Gasteiger partial charge in [-0.3, -0.25) is 4.79 Å². The van der Waals surface area contributed by atoms with E-state index in [4.69, 9.17) is 17.3 Å². The number of benzene rings is 2. The van der Waals surface area contributed by atoms with Gasteiger partial charge in [-0.15, -0.1) is 0 Å². The molecule has 1 amide bonds. The number of nitrogen functional groups attached to an aromatic ring is 1. The molecule has 0 atom stereocenters. The van der Waals surface area contributed by atoms with E-state index in [9.17, 15) is 4.79 Å². The second kappa shape index (κ2) is 5.97. The molecule has 0 unspecified atom stereocenters. The molecule has 0 spiro atoms. The highest BCUT2D eigenvalue weighted by atomic mass is 35.5. The zero-order chi connectivity index (χ0) is 14.7. The van der Waals surface area contributed by atoms with E-state index in [2.05, 4.69) is 5.32 Å². The number of nitrogens with one attached hydrogen (secondary N) is 1. The first-order chi connectivity index (χ1) is 9.54. The van der Waals surface area contributed by atoms with Gasteiger partial charge in [0, 0.05) is 11.4 Å². The lowest BCUT2D eigenvalue weighted by Gasteiger charge is -2.14. The van der Waals surface area contributed by atoms with Crippen LogP contribution >= 0.6 is 11.6 Å². The molecule has 3 nitrogen and oxygen atoms in total. The van der Waals surface area contributed by atoms with Crippen molar-refractivity contribution in [3.8, 4) is 0 Å². The largest absolute Gasteiger partial charge is 0.398 e. The molecular formula is C16H17ClN2O. The van der Waals surface area contributed by atoms with Gasteiger partial charge in [-0.05, 0) is 36.6 Å². The summed E-state index contributed by atoms with van der Waals surface area (Å²) in [5, 5.41) is 3.28. The number of anilines is 2. The van der Waals surface area contributed by atoms with Crippen molar-refractivity contribution in [3.63, 3.8) is 0 Å². The molecule has 0 aliphatic carbocycles. The predicted molar refractivity (Wildman–Crippen MR) is 84.4 cm³/mol. The number of halogens is 1. The molecule has 104 valence electrons. The summed E-state index contributed by atoms with van der Waals surface area (Å²) in [5.74, 6) is -0.280. The third kappa shape index (κ3) is 2.78. The maximum absolute atomic E-state index is 12.4. The summed E-state index contributed by atoms with van der Waals surface area (Å²) in [6.45, 7) is 4.01. The minimum Gasteiger partial charge on any atom is -0.398 e. The Morgan fingerprint density at radius 2 is 1.95 bits per heavy atom. The number of carbonyl (C=O) groups is 1. The number of nitrogens with two attached hydrogens (primary N) is 1. The lowest BCUT2D eigenvalue weighted by atomic mass is 10.0. The second-order valence-electron chi connectivity index (χ2n) is 4.62. The zero-order valence-electron chi connectivity index (χ0n) is 11.5. The van der Waals surface area contributed by atoms with Gasteiger partial charge in [0.05, 0.1) is 10.6 Å². The maximum atomic E-state index is 12.4. The van der Waals surface area contributed by atoms with Crippen LogP contribution in [0.15, 0.2) is 36.4 Å². The van der Waals surface area contributed by atoms with Crippen LogP contribution in [0, 0.1) is 6.92 Å². The van der Waals surface area contributed by atoms with E-state index in [0.29, 0.717) is 16.3 Å². The van der Waals surface area contributed by atoms with Crippen LogP contribution in [0.1, 0.15) is 28.4 Å². The van der Waals surface area contributed by atoms with E-state index < -0.39 is 0 Å². The summed E-state index contributed by atoms with van der Waals surface area (Å²) in [7, 11) is 0. The van der Waals surface area contributed by atoms with Gasteiger partial charge in [0.15, 0.2) is 0 Å². The molecule has 0 saturated heterocycles. The molecule has 0 aliphatic rings.